The van der Waals surface area contributed by atoms with Crippen molar-refractivity contribution < 1.29 is 18.0 Å². The summed E-state index contributed by atoms with van der Waals surface area (Å²) in [6, 6.07) is 6.45. The Morgan fingerprint density at radius 1 is 1.31 bits per heavy atom. The Bertz CT molecular complexity index is 375. The minimum atomic E-state index is -4.47. The number of nitrogens with zero attached hydrogens (tertiary/aromatic N) is 1. The highest BCUT2D eigenvalue weighted by atomic mass is 79.9. The molecule has 0 heterocycles. The summed E-state index contributed by atoms with van der Waals surface area (Å²) in [7, 11) is 1.32. The molecule has 0 fully saturated rings. The van der Waals surface area contributed by atoms with Gasteiger partial charge < -0.3 is 4.90 Å². The van der Waals surface area contributed by atoms with E-state index in [1.54, 1.807) is 24.3 Å². The Kier molecular flexibility index (Phi) is 3.96. The largest absolute Gasteiger partial charge is 0.397 e. The molecule has 0 spiro atoms. The third-order valence-corrected chi connectivity index (χ3v) is 2.47. The van der Waals surface area contributed by atoms with Crippen molar-refractivity contribution in [1.82, 2.24) is 0 Å². The molecule has 1 aromatic carbocycles. The molecule has 16 heavy (non-hydrogen) atoms. The zero-order chi connectivity index (χ0) is 12.3. The van der Waals surface area contributed by atoms with Gasteiger partial charge in [0.1, 0.15) is 6.42 Å². The Morgan fingerprint density at radius 2 is 1.81 bits per heavy atom. The Balaban J connectivity index is 2.74. The Morgan fingerprint density at radius 3 is 2.25 bits per heavy atom. The van der Waals surface area contributed by atoms with Crippen LogP contribution < -0.4 is 4.90 Å². The summed E-state index contributed by atoms with van der Waals surface area (Å²) in [5.74, 6) is -0.977. The number of hydrogen-bond acceptors (Lipinski definition) is 1. The molecule has 0 aliphatic carbocycles. The van der Waals surface area contributed by atoms with E-state index >= 15 is 0 Å². The molecule has 1 rings (SSSR count). The van der Waals surface area contributed by atoms with Crippen molar-refractivity contribution >= 4 is 27.5 Å². The third kappa shape index (κ3) is 3.84. The van der Waals surface area contributed by atoms with Gasteiger partial charge in [-0.15, -0.1) is 0 Å². The van der Waals surface area contributed by atoms with Gasteiger partial charge in [-0.1, -0.05) is 15.9 Å². The molecule has 2 nitrogen and oxygen atoms in total. The van der Waals surface area contributed by atoms with Gasteiger partial charge in [0.05, 0.1) is 0 Å². The first-order valence-corrected chi connectivity index (χ1v) is 5.18. The molecule has 0 N–H and O–H groups in total. The van der Waals surface area contributed by atoms with Gasteiger partial charge >= 0.3 is 6.18 Å². The number of carbonyl (C=O) groups excluding carboxylic acids is 1. The van der Waals surface area contributed by atoms with Gasteiger partial charge in [-0.25, -0.2) is 0 Å². The van der Waals surface area contributed by atoms with Crippen LogP contribution in [0.25, 0.3) is 0 Å². The zero-order valence-corrected chi connectivity index (χ0v) is 9.97. The second kappa shape index (κ2) is 4.86. The summed E-state index contributed by atoms with van der Waals surface area (Å²) in [6.45, 7) is 0. The maximum atomic E-state index is 12.0. The summed E-state index contributed by atoms with van der Waals surface area (Å²) in [4.78, 5) is 12.2. The predicted molar refractivity (Wildman–Crippen MR) is 58.2 cm³/mol. The first-order chi connectivity index (χ1) is 7.29. The van der Waals surface area contributed by atoms with E-state index in [4.69, 9.17) is 0 Å². The van der Waals surface area contributed by atoms with Crippen LogP contribution in [0.2, 0.25) is 0 Å². The maximum absolute atomic E-state index is 12.0. The molecular formula is C10H9BrF3NO. The van der Waals surface area contributed by atoms with Crippen LogP contribution in [0.1, 0.15) is 6.42 Å². The van der Waals surface area contributed by atoms with Crippen molar-refractivity contribution in [3.63, 3.8) is 0 Å². The molecular weight excluding hydrogens is 287 g/mol. The molecule has 1 aromatic rings. The highest BCUT2D eigenvalue weighted by Crippen LogP contribution is 2.23. The van der Waals surface area contributed by atoms with Gasteiger partial charge in [-0.2, -0.15) is 13.2 Å². The SMILES string of the molecule is CN(C(=O)CC(F)(F)F)c1ccc(Br)cc1. The second-order valence-corrected chi connectivity index (χ2v) is 4.14. The van der Waals surface area contributed by atoms with Crippen LogP contribution in [0.3, 0.4) is 0 Å². The van der Waals surface area contributed by atoms with E-state index in [0.29, 0.717) is 5.69 Å². The number of anilines is 1. The van der Waals surface area contributed by atoms with E-state index in [2.05, 4.69) is 15.9 Å². The molecule has 0 aromatic heterocycles. The van der Waals surface area contributed by atoms with E-state index < -0.39 is 18.5 Å². The molecule has 0 saturated heterocycles. The highest BCUT2D eigenvalue weighted by Gasteiger charge is 2.32. The Hall–Kier alpha value is -1.04. The van der Waals surface area contributed by atoms with Gasteiger partial charge in [0.2, 0.25) is 5.91 Å². The summed E-state index contributed by atoms with van der Waals surface area (Å²) < 4.78 is 36.8. The van der Waals surface area contributed by atoms with E-state index in [0.717, 1.165) is 9.37 Å². The number of hydrogen-bond donors (Lipinski definition) is 0. The summed E-state index contributed by atoms with van der Waals surface area (Å²) >= 11 is 3.20. The van der Waals surface area contributed by atoms with Gasteiger partial charge in [0, 0.05) is 17.2 Å². The molecule has 0 aliphatic rings. The first kappa shape index (κ1) is 13.0. The molecule has 0 bridgehead atoms. The summed E-state index contributed by atoms with van der Waals surface area (Å²) in [6.07, 6.45) is -5.92. The van der Waals surface area contributed by atoms with Crippen LogP contribution in [0.5, 0.6) is 0 Å². The first-order valence-electron chi connectivity index (χ1n) is 4.38. The number of carbonyl (C=O) groups is 1. The summed E-state index contributed by atoms with van der Waals surface area (Å²) in [5.41, 5.74) is 0.428. The van der Waals surface area contributed by atoms with Crippen molar-refractivity contribution in [2.45, 2.75) is 12.6 Å². The number of halogens is 4. The van der Waals surface area contributed by atoms with Crippen LogP contribution in [0, 0.1) is 0 Å². The third-order valence-electron chi connectivity index (χ3n) is 1.94. The van der Waals surface area contributed by atoms with Gasteiger partial charge in [-0.05, 0) is 24.3 Å². The maximum Gasteiger partial charge on any atom is 0.397 e. The topological polar surface area (TPSA) is 20.3 Å². The van der Waals surface area contributed by atoms with Crippen LogP contribution >= 0.6 is 15.9 Å². The number of alkyl halides is 3. The predicted octanol–water partition coefficient (Wildman–Crippen LogP) is 3.36. The van der Waals surface area contributed by atoms with Gasteiger partial charge in [0.25, 0.3) is 0 Å². The van der Waals surface area contributed by atoms with E-state index in [1.165, 1.54) is 7.05 Å². The fraction of sp³-hybridized carbons (Fsp3) is 0.300. The quantitative estimate of drug-likeness (QED) is 0.819. The van der Waals surface area contributed by atoms with E-state index in [-0.39, 0.29) is 0 Å². The molecule has 0 saturated carbocycles. The van der Waals surface area contributed by atoms with E-state index in [9.17, 15) is 18.0 Å². The minimum absolute atomic E-state index is 0.428. The van der Waals surface area contributed by atoms with Crippen LogP contribution in [0.4, 0.5) is 18.9 Å². The van der Waals surface area contributed by atoms with Gasteiger partial charge in [0.15, 0.2) is 0 Å². The standard InChI is InChI=1S/C10H9BrF3NO/c1-15(9(16)6-10(12,13)14)8-4-2-7(11)3-5-8/h2-5H,6H2,1H3. The molecule has 0 atom stereocenters. The lowest BCUT2D eigenvalue weighted by Crippen LogP contribution is -2.30. The average Bonchev–Trinajstić information content (AvgIpc) is 2.15. The van der Waals surface area contributed by atoms with Gasteiger partial charge in [-0.3, -0.25) is 4.79 Å². The lowest BCUT2D eigenvalue weighted by Gasteiger charge is -2.18. The fourth-order valence-corrected chi connectivity index (χ4v) is 1.36. The lowest BCUT2D eigenvalue weighted by molar-refractivity contribution is -0.151. The highest BCUT2D eigenvalue weighted by molar-refractivity contribution is 9.10. The molecule has 88 valence electrons. The summed E-state index contributed by atoms with van der Waals surface area (Å²) in [5, 5.41) is 0. The van der Waals surface area contributed by atoms with E-state index in [1.807, 2.05) is 0 Å². The van der Waals surface area contributed by atoms with Crippen molar-refractivity contribution in [2.75, 3.05) is 11.9 Å². The second-order valence-electron chi connectivity index (χ2n) is 3.22. The lowest BCUT2D eigenvalue weighted by atomic mass is 10.2. The smallest absolute Gasteiger partial charge is 0.315 e. The van der Waals surface area contributed by atoms with Crippen LogP contribution in [-0.4, -0.2) is 19.1 Å². The molecule has 6 heteroatoms. The average molecular weight is 296 g/mol. The number of benzene rings is 1. The molecule has 0 radical (unpaired) electrons. The number of rotatable bonds is 2. The minimum Gasteiger partial charge on any atom is -0.315 e. The normalized spacial score (nSPS) is 11.3. The van der Waals surface area contributed by atoms with Crippen LogP contribution in [0.15, 0.2) is 28.7 Å². The fourth-order valence-electron chi connectivity index (χ4n) is 1.10. The van der Waals surface area contributed by atoms with Crippen molar-refractivity contribution in [1.29, 1.82) is 0 Å². The van der Waals surface area contributed by atoms with Crippen molar-refractivity contribution in [2.24, 2.45) is 0 Å². The molecule has 0 aliphatic heterocycles. The van der Waals surface area contributed by atoms with Crippen molar-refractivity contribution in [3.05, 3.63) is 28.7 Å². The molecule has 1 amide bonds. The zero-order valence-electron chi connectivity index (χ0n) is 8.38. The monoisotopic (exact) mass is 295 g/mol. The van der Waals surface area contributed by atoms with Crippen molar-refractivity contribution in [3.8, 4) is 0 Å². The van der Waals surface area contributed by atoms with Crippen LogP contribution in [-0.2, 0) is 4.79 Å². The Labute approximate surface area is 99.2 Å². The molecule has 0 unspecified atom stereocenters. The number of amides is 1.